The summed E-state index contributed by atoms with van der Waals surface area (Å²) in [5.41, 5.74) is 1.20. The molecule has 0 radical (unpaired) electrons. The summed E-state index contributed by atoms with van der Waals surface area (Å²) in [6.45, 7) is 3.76. The van der Waals surface area contributed by atoms with Crippen molar-refractivity contribution in [3.05, 3.63) is 79.1 Å². The molecule has 1 aliphatic heterocycles. The van der Waals surface area contributed by atoms with E-state index in [-0.39, 0.29) is 40.0 Å². The summed E-state index contributed by atoms with van der Waals surface area (Å²) in [4.78, 5) is 47.3. The molecule has 18 heteroatoms. The van der Waals surface area contributed by atoms with Gasteiger partial charge in [-0.05, 0) is 43.0 Å². The summed E-state index contributed by atoms with van der Waals surface area (Å²) in [6, 6.07) is 19.2. The van der Waals surface area contributed by atoms with Crippen molar-refractivity contribution < 1.29 is 41.9 Å². The number of pyridine rings is 1. The van der Waals surface area contributed by atoms with E-state index in [4.69, 9.17) is 19.0 Å². The van der Waals surface area contributed by atoms with Crippen molar-refractivity contribution in [2.45, 2.75) is 65.0 Å². The van der Waals surface area contributed by atoms with Crippen LogP contribution in [0.2, 0.25) is 0 Å². The van der Waals surface area contributed by atoms with E-state index in [2.05, 4.69) is 20.5 Å². The molecule has 1 saturated carbocycles. The van der Waals surface area contributed by atoms with Crippen LogP contribution in [0.15, 0.2) is 87.8 Å². The largest absolute Gasteiger partial charge is 0.497 e. The van der Waals surface area contributed by atoms with Gasteiger partial charge in [-0.3, -0.25) is 4.79 Å². The number of rotatable bonds is 15. The van der Waals surface area contributed by atoms with Gasteiger partial charge in [-0.15, -0.1) is 11.3 Å². The van der Waals surface area contributed by atoms with Crippen LogP contribution < -0.4 is 24.8 Å². The van der Waals surface area contributed by atoms with Crippen LogP contribution in [0.4, 0.5) is 4.79 Å². The van der Waals surface area contributed by atoms with Crippen LogP contribution in [0.1, 0.15) is 33.1 Å². The highest BCUT2D eigenvalue weighted by Crippen LogP contribution is 2.44. The number of amides is 3. The average molecular weight is 929 g/mol. The summed E-state index contributed by atoms with van der Waals surface area (Å²) in [6.07, 6.45) is 1.46. The maximum atomic E-state index is 14.2. The van der Waals surface area contributed by atoms with Gasteiger partial charge in [0.05, 0.1) is 29.7 Å². The lowest BCUT2D eigenvalue weighted by Crippen LogP contribution is -2.56. The van der Waals surface area contributed by atoms with E-state index in [1.165, 1.54) is 17.2 Å². The Balaban J connectivity index is 1.13. The summed E-state index contributed by atoms with van der Waals surface area (Å²) in [5, 5.41) is 20.2. The molecule has 2 aromatic carbocycles. The number of alkyl halides is 1. The molecule has 0 spiro atoms. The van der Waals surface area contributed by atoms with E-state index in [9.17, 15) is 27.9 Å². The first-order chi connectivity index (χ1) is 27.3. The van der Waals surface area contributed by atoms with Crippen LogP contribution in [0.3, 0.4) is 0 Å². The Hall–Kier alpha value is -4.79. The van der Waals surface area contributed by atoms with Crippen molar-refractivity contribution in [2.75, 3.05) is 20.2 Å². The number of carbonyl (C=O) groups excluding carboxylic acids is 2. The standard InChI is InChI=1S/C39H41IN6O9S2/c1-22(2)15-24(20-41-57(51,52)35-12-11-33(56-35)28-13-14-54-45-28)42-38(50)46-21-26(17-31(46)36(47)44-39(37(48)49)19-34(39)40)55-32-18-29(23-7-5-4-6-8-23)43-30-16-25(53-3)9-10-27(30)32/h4-14,16,18,22,24,26,31,34,41H,15,17,19-21H2,1-3H3,(H,42,50)(H,44,47)(H,48,49)/t24-,26+,31-,34+,39+/m0/s1. The van der Waals surface area contributed by atoms with Crippen LogP contribution in [0, 0.1) is 5.92 Å². The van der Waals surface area contributed by atoms with Crippen LogP contribution in [0.5, 0.6) is 11.5 Å². The average Bonchev–Trinajstić information content (AvgIpc) is 3.72. The SMILES string of the molecule is COc1ccc2c(O[C@@H]3C[C@@H](C(=O)N[C@]4(C(=O)O)C[C@H]4I)N(C(=O)N[C@H](CNS(=O)(=O)c4ccc(-c5ccon5)s4)CC(C)C)C3)cc(-c3ccccc3)nc2c1. The Bertz CT molecular complexity index is 2380. The molecule has 5 aromatic rings. The minimum Gasteiger partial charge on any atom is -0.497 e. The molecule has 2 fully saturated rings. The number of nitrogens with one attached hydrogen (secondary N) is 3. The number of halogens is 1. The van der Waals surface area contributed by atoms with Gasteiger partial charge in [-0.2, -0.15) is 0 Å². The molecule has 7 rings (SSSR count). The fourth-order valence-electron chi connectivity index (χ4n) is 6.87. The Morgan fingerprint density at radius 1 is 1.09 bits per heavy atom. The molecule has 1 aliphatic carbocycles. The number of thiophene rings is 1. The van der Waals surface area contributed by atoms with Gasteiger partial charge in [0.25, 0.3) is 0 Å². The number of likely N-dealkylation sites (tertiary alicyclic amines) is 1. The first-order valence-corrected chi connectivity index (χ1v) is 21.8. The first-order valence-electron chi connectivity index (χ1n) is 18.2. The molecule has 1 saturated heterocycles. The summed E-state index contributed by atoms with van der Waals surface area (Å²) < 4.78 is 46.1. The molecule has 300 valence electrons. The van der Waals surface area contributed by atoms with Crippen LogP contribution in [-0.2, 0) is 19.6 Å². The highest BCUT2D eigenvalue weighted by molar-refractivity contribution is 14.1. The van der Waals surface area contributed by atoms with Gasteiger partial charge in [-0.25, -0.2) is 27.7 Å². The minimum atomic E-state index is -3.96. The highest BCUT2D eigenvalue weighted by atomic mass is 127. The van der Waals surface area contributed by atoms with Crippen LogP contribution in [0.25, 0.3) is 32.7 Å². The maximum Gasteiger partial charge on any atom is 0.330 e. The highest BCUT2D eigenvalue weighted by Gasteiger charge is 2.61. The summed E-state index contributed by atoms with van der Waals surface area (Å²) in [7, 11) is -2.39. The first kappa shape index (κ1) is 40.4. The molecular formula is C39H41IN6O9S2. The molecule has 0 bridgehead atoms. The molecule has 3 amide bonds. The molecule has 2 aliphatic rings. The number of hydrogen-bond donors (Lipinski definition) is 4. The number of benzene rings is 2. The third-order valence-electron chi connectivity index (χ3n) is 9.91. The number of fused-ring (bicyclic) bond motifs is 1. The van der Waals surface area contributed by atoms with Crippen molar-refractivity contribution in [1.82, 2.24) is 30.4 Å². The van der Waals surface area contributed by atoms with Gasteiger partial charge in [0.2, 0.25) is 15.9 Å². The minimum absolute atomic E-state index is 0.0154. The zero-order valence-corrected chi connectivity index (χ0v) is 35.0. The zero-order chi connectivity index (χ0) is 40.5. The summed E-state index contributed by atoms with van der Waals surface area (Å²) >= 11 is 3.04. The van der Waals surface area contributed by atoms with E-state index in [1.807, 2.05) is 78.9 Å². The smallest absolute Gasteiger partial charge is 0.330 e. The molecule has 5 atom stereocenters. The fourth-order valence-corrected chi connectivity index (χ4v) is 10.4. The second-order valence-corrected chi connectivity index (χ2v) is 19.0. The number of carboxylic acid groups (broad SMARTS) is 1. The maximum absolute atomic E-state index is 14.2. The second-order valence-electron chi connectivity index (χ2n) is 14.5. The van der Waals surface area contributed by atoms with Gasteiger partial charge in [0.1, 0.15) is 39.8 Å². The Morgan fingerprint density at radius 3 is 2.53 bits per heavy atom. The quantitative estimate of drug-likeness (QED) is 0.0742. The number of ether oxygens (including phenoxy) is 2. The number of aromatic nitrogens is 2. The molecular weight excluding hydrogens is 887 g/mol. The van der Waals surface area contributed by atoms with Crippen LogP contribution in [-0.4, -0.2) is 94.3 Å². The van der Waals surface area contributed by atoms with Crippen molar-refractivity contribution >= 4 is 72.8 Å². The number of carboxylic acids is 1. The Kier molecular flexibility index (Phi) is 11.8. The van der Waals surface area contributed by atoms with Gasteiger partial charge in [-0.1, -0.05) is 71.9 Å². The predicted molar refractivity (Wildman–Crippen MR) is 221 cm³/mol. The second kappa shape index (κ2) is 16.6. The predicted octanol–water partition coefficient (Wildman–Crippen LogP) is 5.70. The fraction of sp³-hybridized carbons (Fsp3) is 0.359. The van der Waals surface area contributed by atoms with Gasteiger partial charge in [0, 0.05) is 52.1 Å². The number of carbonyl (C=O) groups is 3. The van der Waals surface area contributed by atoms with E-state index in [0.29, 0.717) is 45.1 Å². The lowest BCUT2D eigenvalue weighted by molar-refractivity contribution is -0.143. The Morgan fingerprint density at radius 2 is 1.86 bits per heavy atom. The van der Waals surface area contributed by atoms with E-state index >= 15 is 0 Å². The summed E-state index contributed by atoms with van der Waals surface area (Å²) in [5.74, 6) is -0.604. The Labute approximate surface area is 346 Å². The number of sulfonamides is 1. The van der Waals surface area contributed by atoms with E-state index < -0.39 is 51.7 Å². The molecule has 0 unspecified atom stereocenters. The number of aliphatic carboxylic acids is 1. The topological polar surface area (TPSA) is 202 Å². The number of urea groups is 1. The number of hydrogen-bond acceptors (Lipinski definition) is 11. The van der Waals surface area contributed by atoms with E-state index in [1.54, 1.807) is 31.4 Å². The third-order valence-corrected chi connectivity index (χ3v) is 14.4. The van der Waals surface area contributed by atoms with Crippen molar-refractivity contribution in [3.63, 3.8) is 0 Å². The number of methoxy groups -OCH3 is 1. The van der Waals surface area contributed by atoms with Gasteiger partial charge >= 0.3 is 12.0 Å². The lowest BCUT2D eigenvalue weighted by atomic mass is 10.0. The monoisotopic (exact) mass is 928 g/mol. The third kappa shape index (κ3) is 8.87. The normalized spacial score (nSPS) is 21.0. The van der Waals surface area contributed by atoms with Crippen molar-refractivity contribution in [3.8, 4) is 33.3 Å². The molecule has 3 aromatic heterocycles. The van der Waals surface area contributed by atoms with Gasteiger partial charge < -0.3 is 34.6 Å². The number of nitrogens with zero attached hydrogens (tertiary/aromatic N) is 3. The van der Waals surface area contributed by atoms with Crippen molar-refractivity contribution in [1.29, 1.82) is 0 Å². The van der Waals surface area contributed by atoms with E-state index in [0.717, 1.165) is 16.9 Å². The lowest BCUT2D eigenvalue weighted by Gasteiger charge is -2.28. The molecule has 4 heterocycles. The molecule has 57 heavy (non-hydrogen) atoms. The molecule has 15 nitrogen and oxygen atoms in total. The van der Waals surface area contributed by atoms with Crippen LogP contribution >= 0.6 is 33.9 Å². The molecule has 4 N–H and O–H groups in total. The van der Waals surface area contributed by atoms with Gasteiger partial charge in [0.15, 0.2) is 5.54 Å². The zero-order valence-electron chi connectivity index (χ0n) is 31.2. The van der Waals surface area contributed by atoms with Crippen molar-refractivity contribution in [2.24, 2.45) is 5.92 Å².